The zero-order valence-corrected chi connectivity index (χ0v) is 11.0. The number of aryl methyl sites for hydroxylation is 1. The van der Waals surface area contributed by atoms with Gasteiger partial charge in [-0.15, -0.1) is 0 Å². The van der Waals surface area contributed by atoms with Crippen LogP contribution >= 0.6 is 0 Å². The molecule has 104 valence electrons. The van der Waals surface area contributed by atoms with E-state index in [1.54, 1.807) is 0 Å². The Morgan fingerprint density at radius 1 is 1.26 bits per heavy atom. The van der Waals surface area contributed by atoms with Crippen molar-refractivity contribution >= 4 is 5.97 Å². The summed E-state index contributed by atoms with van der Waals surface area (Å²) >= 11 is 0. The average Bonchev–Trinajstić information content (AvgIpc) is 2.77. The number of aliphatic carboxylic acids is 1. The summed E-state index contributed by atoms with van der Waals surface area (Å²) in [5.74, 6) is -0.820. The van der Waals surface area contributed by atoms with Gasteiger partial charge in [0, 0.05) is 13.0 Å². The molecule has 1 heterocycles. The highest BCUT2D eigenvalue weighted by Crippen LogP contribution is 2.19. The minimum absolute atomic E-state index is 0.355. The van der Waals surface area contributed by atoms with E-state index in [-0.39, 0.29) is 0 Å². The lowest BCUT2D eigenvalue weighted by atomic mass is 10.1. The van der Waals surface area contributed by atoms with Crippen LogP contribution in [0.2, 0.25) is 0 Å². The van der Waals surface area contributed by atoms with Crippen molar-refractivity contribution in [2.24, 2.45) is 0 Å². The van der Waals surface area contributed by atoms with E-state index in [4.69, 9.17) is 5.11 Å². The van der Waals surface area contributed by atoms with Gasteiger partial charge in [0.25, 0.3) is 0 Å². The molecular formula is C15H21NO3. The van der Waals surface area contributed by atoms with E-state index in [0.29, 0.717) is 13.0 Å². The number of hydrogen-bond donors (Lipinski definition) is 2. The van der Waals surface area contributed by atoms with Gasteiger partial charge in [0.1, 0.15) is 6.04 Å². The highest BCUT2D eigenvalue weighted by Gasteiger charge is 2.35. The predicted molar refractivity (Wildman–Crippen MR) is 73.0 cm³/mol. The molecule has 1 aliphatic heterocycles. The third-order valence-electron chi connectivity index (χ3n) is 3.67. The van der Waals surface area contributed by atoms with Crippen LogP contribution in [0.1, 0.15) is 24.8 Å². The van der Waals surface area contributed by atoms with Gasteiger partial charge in [0.05, 0.1) is 6.10 Å². The van der Waals surface area contributed by atoms with Crippen LogP contribution in [-0.2, 0) is 11.2 Å². The third-order valence-corrected chi connectivity index (χ3v) is 3.67. The fourth-order valence-corrected chi connectivity index (χ4v) is 2.67. The molecular weight excluding hydrogens is 242 g/mol. The molecule has 1 fully saturated rings. The Kier molecular flexibility index (Phi) is 4.93. The number of aliphatic hydroxyl groups excluding tert-OH is 1. The van der Waals surface area contributed by atoms with E-state index in [9.17, 15) is 9.90 Å². The first-order chi connectivity index (χ1) is 9.16. The zero-order valence-electron chi connectivity index (χ0n) is 11.0. The molecule has 2 atom stereocenters. The Labute approximate surface area is 113 Å². The Bertz CT molecular complexity index is 407. The van der Waals surface area contributed by atoms with Gasteiger partial charge in [-0.1, -0.05) is 30.3 Å². The summed E-state index contributed by atoms with van der Waals surface area (Å²) in [5, 5.41) is 18.6. The molecule has 0 aliphatic carbocycles. The van der Waals surface area contributed by atoms with Gasteiger partial charge < -0.3 is 10.2 Å². The predicted octanol–water partition coefficient (Wildman–Crippen LogP) is 1.53. The molecule has 0 aromatic heterocycles. The molecule has 2 N–H and O–H groups in total. The van der Waals surface area contributed by atoms with Crippen molar-refractivity contribution in [1.29, 1.82) is 0 Å². The van der Waals surface area contributed by atoms with Crippen LogP contribution in [0.25, 0.3) is 0 Å². The summed E-state index contributed by atoms with van der Waals surface area (Å²) < 4.78 is 0. The van der Waals surface area contributed by atoms with Crippen molar-refractivity contribution in [2.75, 3.05) is 13.1 Å². The second-order valence-corrected chi connectivity index (χ2v) is 5.18. The Balaban J connectivity index is 1.72. The molecule has 0 saturated carbocycles. The van der Waals surface area contributed by atoms with Crippen LogP contribution in [0.4, 0.5) is 0 Å². The number of nitrogens with zero attached hydrogens (tertiary/aromatic N) is 1. The van der Waals surface area contributed by atoms with Crippen molar-refractivity contribution in [1.82, 2.24) is 4.90 Å². The minimum atomic E-state index is -0.820. The van der Waals surface area contributed by atoms with E-state index in [0.717, 1.165) is 25.8 Å². The zero-order chi connectivity index (χ0) is 13.7. The maximum Gasteiger partial charge on any atom is 0.321 e. The number of β-amino-alcohol motifs (C(OH)–C–C–N with tert-alkyl or cyclic N) is 1. The number of hydrogen-bond acceptors (Lipinski definition) is 3. The van der Waals surface area contributed by atoms with Crippen LogP contribution < -0.4 is 0 Å². The van der Waals surface area contributed by atoms with Crippen LogP contribution in [0.15, 0.2) is 30.3 Å². The molecule has 0 spiro atoms. The molecule has 1 aromatic carbocycles. The first kappa shape index (κ1) is 14.0. The number of likely N-dealkylation sites (tertiary alicyclic amines) is 1. The van der Waals surface area contributed by atoms with E-state index >= 15 is 0 Å². The van der Waals surface area contributed by atoms with Crippen LogP contribution in [0.3, 0.4) is 0 Å². The monoisotopic (exact) mass is 263 g/mol. The van der Waals surface area contributed by atoms with Crippen LogP contribution in [0, 0.1) is 0 Å². The van der Waals surface area contributed by atoms with Crippen molar-refractivity contribution in [3.05, 3.63) is 35.9 Å². The molecule has 19 heavy (non-hydrogen) atoms. The van der Waals surface area contributed by atoms with Crippen LogP contribution in [0.5, 0.6) is 0 Å². The topological polar surface area (TPSA) is 60.8 Å². The maximum absolute atomic E-state index is 11.1. The third kappa shape index (κ3) is 4.04. The summed E-state index contributed by atoms with van der Waals surface area (Å²) in [6.07, 6.45) is 2.90. The van der Waals surface area contributed by atoms with Gasteiger partial charge in [-0.25, -0.2) is 0 Å². The number of carbonyl (C=O) groups is 1. The van der Waals surface area contributed by atoms with Crippen molar-refractivity contribution < 1.29 is 15.0 Å². The molecule has 4 heteroatoms. The van der Waals surface area contributed by atoms with Gasteiger partial charge in [-0.2, -0.15) is 0 Å². The lowest BCUT2D eigenvalue weighted by Crippen LogP contribution is -2.36. The van der Waals surface area contributed by atoms with Crippen molar-refractivity contribution in [2.45, 2.75) is 37.8 Å². The van der Waals surface area contributed by atoms with Crippen LogP contribution in [-0.4, -0.2) is 46.3 Å². The van der Waals surface area contributed by atoms with Gasteiger partial charge in [0.15, 0.2) is 0 Å². The fourth-order valence-electron chi connectivity index (χ4n) is 2.67. The normalized spacial score (nSPS) is 23.6. The lowest BCUT2D eigenvalue weighted by molar-refractivity contribution is -0.142. The number of benzene rings is 1. The number of carboxylic acids is 1. The smallest absolute Gasteiger partial charge is 0.321 e. The highest BCUT2D eigenvalue weighted by atomic mass is 16.4. The van der Waals surface area contributed by atoms with E-state index in [1.165, 1.54) is 5.56 Å². The summed E-state index contributed by atoms with van der Waals surface area (Å²) in [7, 11) is 0. The summed E-state index contributed by atoms with van der Waals surface area (Å²) in [4.78, 5) is 12.9. The summed E-state index contributed by atoms with van der Waals surface area (Å²) in [6.45, 7) is 1.24. The molecule has 1 aromatic rings. The molecule has 0 radical (unpaired) electrons. The summed E-state index contributed by atoms with van der Waals surface area (Å²) in [5.41, 5.74) is 1.32. The van der Waals surface area contributed by atoms with Gasteiger partial charge in [-0.05, 0) is 31.4 Å². The maximum atomic E-state index is 11.1. The van der Waals surface area contributed by atoms with Crippen molar-refractivity contribution in [3.8, 4) is 0 Å². The summed E-state index contributed by atoms with van der Waals surface area (Å²) in [6, 6.07) is 9.79. The standard InChI is InChI=1S/C15H21NO3/c17-13-10-14(15(18)19)16(11-13)9-5-4-8-12-6-2-1-3-7-12/h1-3,6-7,13-14,17H,4-5,8-11H2,(H,18,19)/t13-,14+/m1/s1. The highest BCUT2D eigenvalue weighted by molar-refractivity contribution is 5.74. The molecule has 2 rings (SSSR count). The first-order valence-electron chi connectivity index (χ1n) is 6.85. The fraction of sp³-hybridized carbons (Fsp3) is 0.533. The van der Waals surface area contributed by atoms with E-state index < -0.39 is 18.1 Å². The molecule has 4 nitrogen and oxygen atoms in total. The van der Waals surface area contributed by atoms with E-state index in [2.05, 4.69) is 12.1 Å². The molecule has 0 unspecified atom stereocenters. The number of unbranched alkanes of at least 4 members (excludes halogenated alkanes) is 1. The molecule has 1 saturated heterocycles. The lowest BCUT2D eigenvalue weighted by Gasteiger charge is -2.20. The largest absolute Gasteiger partial charge is 0.480 e. The average molecular weight is 263 g/mol. The van der Waals surface area contributed by atoms with Crippen molar-refractivity contribution in [3.63, 3.8) is 0 Å². The minimum Gasteiger partial charge on any atom is -0.480 e. The molecule has 0 amide bonds. The van der Waals surface area contributed by atoms with Gasteiger partial charge in [-0.3, -0.25) is 9.69 Å². The molecule has 0 bridgehead atoms. The quantitative estimate of drug-likeness (QED) is 0.764. The number of aliphatic hydroxyl groups is 1. The Morgan fingerprint density at radius 3 is 2.68 bits per heavy atom. The van der Waals surface area contributed by atoms with Gasteiger partial charge in [0.2, 0.25) is 0 Å². The first-order valence-corrected chi connectivity index (χ1v) is 6.85. The number of rotatable bonds is 6. The van der Waals surface area contributed by atoms with Gasteiger partial charge >= 0.3 is 5.97 Å². The molecule has 1 aliphatic rings. The SMILES string of the molecule is O=C(O)[C@@H]1C[C@@H](O)CN1CCCCc1ccccc1. The number of carboxylic acid groups (broad SMARTS) is 1. The Hall–Kier alpha value is -1.39. The van der Waals surface area contributed by atoms with E-state index in [1.807, 2.05) is 23.1 Å². The Morgan fingerprint density at radius 2 is 2.00 bits per heavy atom. The second kappa shape index (κ2) is 6.68. The second-order valence-electron chi connectivity index (χ2n) is 5.18.